The molecule has 2 aromatic carbocycles. The van der Waals surface area contributed by atoms with Crippen LogP contribution in [0.1, 0.15) is 44.9 Å². The molecule has 1 atom stereocenters. The number of rotatable bonds is 3. The quantitative estimate of drug-likeness (QED) is 0.570. The number of carbonyl (C=O) groups is 1. The van der Waals surface area contributed by atoms with E-state index in [1.54, 1.807) is 24.3 Å². The van der Waals surface area contributed by atoms with E-state index in [0.29, 0.717) is 32.3 Å². The molecule has 1 unspecified atom stereocenters. The fourth-order valence-electron chi connectivity index (χ4n) is 3.24. The summed E-state index contributed by atoms with van der Waals surface area (Å²) in [5.41, 5.74) is 1.23. The minimum Gasteiger partial charge on any atom is -0.333 e. The van der Waals surface area contributed by atoms with Gasteiger partial charge in [0.25, 0.3) is 5.56 Å². The van der Waals surface area contributed by atoms with Gasteiger partial charge in [0.05, 0.1) is 34.5 Å². The van der Waals surface area contributed by atoms with Crippen molar-refractivity contribution in [1.82, 2.24) is 14.9 Å². The van der Waals surface area contributed by atoms with Gasteiger partial charge in [-0.05, 0) is 63.6 Å². The van der Waals surface area contributed by atoms with E-state index in [0.717, 1.165) is 0 Å². The van der Waals surface area contributed by atoms with Crippen LogP contribution in [0.3, 0.4) is 0 Å². The number of aromatic nitrogens is 2. The summed E-state index contributed by atoms with van der Waals surface area (Å²) in [5, 5.41) is 16.1. The zero-order chi connectivity index (χ0) is 22.9. The summed E-state index contributed by atoms with van der Waals surface area (Å²) >= 11 is 12.5. The monoisotopic (exact) mass is 457 g/mol. The van der Waals surface area contributed by atoms with E-state index in [1.165, 1.54) is 16.8 Å². The Morgan fingerprint density at radius 1 is 1.23 bits per heavy atom. The van der Waals surface area contributed by atoms with Crippen LogP contribution < -0.4 is 16.2 Å². The first kappa shape index (κ1) is 22.6. The summed E-state index contributed by atoms with van der Waals surface area (Å²) in [7, 11) is 0. The van der Waals surface area contributed by atoms with Gasteiger partial charge >= 0.3 is 6.03 Å². The smallest absolute Gasteiger partial charge is 0.319 e. The lowest BCUT2D eigenvalue weighted by molar-refractivity contribution is 0.244. The van der Waals surface area contributed by atoms with Crippen LogP contribution in [0.4, 0.5) is 10.5 Å². The van der Waals surface area contributed by atoms with Crippen LogP contribution in [0, 0.1) is 11.3 Å². The molecule has 3 aromatic rings. The molecular weight excluding hydrogens is 437 g/mol. The topological polar surface area (TPSA) is 99.8 Å². The normalized spacial score (nSPS) is 12.3. The Hall–Kier alpha value is -3.08. The van der Waals surface area contributed by atoms with Crippen molar-refractivity contribution in [2.45, 2.75) is 39.3 Å². The second-order valence-corrected chi connectivity index (χ2v) is 8.98. The highest BCUT2D eigenvalue weighted by molar-refractivity contribution is 6.33. The first-order valence-corrected chi connectivity index (χ1v) is 10.3. The lowest BCUT2D eigenvalue weighted by atomic mass is 10.1. The Bertz CT molecular complexity index is 1270. The van der Waals surface area contributed by atoms with Crippen molar-refractivity contribution in [3.05, 3.63) is 68.1 Å². The van der Waals surface area contributed by atoms with Crippen LogP contribution in [-0.2, 0) is 0 Å². The highest BCUT2D eigenvalue weighted by atomic mass is 35.5. The maximum absolute atomic E-state index is 12.7. The van der Waals surface area contributed by atoms with Crippen molar-refractivity contribution >= 4 is 46.0 Å². The molecule has 9 heteroatoms. The average Bonchev–Trinajstić information content (AvgIpc) is 2.67. The van der Waals surface area contributed by atoms with Crippen molar-refractivity contribution in [1.29, 1.82) is 5.26 Å². The number of benzene rings is 2. The van der Waals surface area contributed by atoms with Crippen molar-refractivity contribution < 1.29 is 4.79 Å². The molecule has 31 heavy (non-hydrogen) atoms. The zero-order valence-electron chi connectivity index (χ0n) is 17.5. The summed E-state index contributed by atoms with van der Waals surface area (Å²) in [6, 6.07) is 9.28. The Balaban J connectivity index is 2.14. The number of nitrogens with one attached hydrogen (secondary N) is 2. The number of anilines is 1. The van der Waals surface area contributed by atoms with E-state index in [-0.39, 0.29) is 11.1 Å². The van der Waals surface area contributed by atoms with Gasteiger partial charge in [0.1, 0.15) is 6.07 Å². The van der Waals surface area contributed by atoms with Gasteiger partial charge in [-0.15, -0.1) is 0 Å². The van der Waals surface area contributed by atoms with Gasteiger partial charge in [-0.1, -0.05) is 23.2 Å². The molecule has 0 bridgehead atoms. The highest BCUT2D eigenvalue weighted by Crippen LogP contribution is 2.31. The van der Waals surface area contributed by atoms with Gasteiger partial charge < -0.3 is 10.6 Å². The first-order valence-electron chi connectivity index (χ1n) is 9.49. The SMILES string of the molecule is CC(c1cc(Cl)ccc1Cl)n1c(=O)cnc2cc(NC(=O)NC(C)(C)C)c(C#N)cc21. The molecule has 0 spiro atoms. The summed E-state index contributed by atoms with van der Waals surface area (Å²) in [6.07, 6.45) is 1.20. The summed E-state index contributed by atoms with van der Waals surface area (Å²) in [6.45, 7) is 7.36. The summed E-state index contributed by atoms with van der Waals surface area (Å²) in [4.78, 5) is 29.2. The van der Waals surface area contributed by atoms with Crippen LogP contribution >= 0.6 is 23.2 Å². The number of urea groups is 1. The van der Waals surface area contributed by atoms with Crippen LogP contribution in [0.15, 0.2) is 41.3 Å². The third-order valence-corrected chi connectivity index (χ3v) is 5.16. The maximum Gasteiger partial charge on any atom is 0.319 e. The Morgan fingerprint density at radius 3 is 2.58 bits per heavy atom. The molecule has 0 aliphatic rings. The third-order valence-electron chi connectivity index (χ3n) is 4.58. The molecule has 0 saturated heterocycles. The molecule has 2 N–H and O–H groups in total. The number of halogens is 2. The fraction of sp³-hybridized carbons (Fsp3) is 0.273. The van der Waals surface area contributed by atoms with Crippen molar-refractivity contribution in [3.8, 4) is 6.07 Å². The molecule has 0 fully saturated rings. The number of amides is 2. The number of carbonyl (C=O) groups excluding carboxylic acids is 1. The predicted molar refractivity (Wildman–Crippen MR) is 123 cm³/mol. The number of hydrogen-bond donors (Lipinski definition) is 2. The molecule has 3 rings (SSSR count). The minimum absolute atomic E-state index is 0.196. The Kier molecular flexibility index (Phi) is 6.25. The lowest BCUT2D eigenvalue weighted by Gasteiger charge is -2.22. The van der Waals surface area contributed by atoms with E-state index < -0.39 is 17.6 Å². The van der Waals surface area contributed by atoms with E-state index in [1.807, 2.05) is 27.7 Å². The lowest BCUT2D eigenvalue weighted by Crippen LogP contribution is -2.43. The molecule has 1 aromatic heterocycles. The number of fused-ring (bicyclic) bond motifs is 1. The van der Waals surface area contributed by atoms with E-state index in [9.17, 15) is 14.9 Å². The molecule has 7 nitrogen and oxygen atoms in total. The van der Waals surface area contributed by atoms with Crippen LogP contribution in [0.2, 0.25) is 10.0 Å². The van der Waals surface area contributed by atoms with E-state index in [4.69, 9.17) is 23.2 Å². The maximum atomic E-state index is 12.7. The van der Waals surface area contributed by atoms with E-state index in [2.05, 4.69) is 21.7 Å². The molecule has 2 amide bonds. The van der Waals surface area contributed by atoms with Gasteiger partial charge in [0.15, 0.2) is 0 Å². The minimum atomic E-state index is -0.473. The summed E-state index contributed by atoms with van der Waals surface area (Å²) < 4.78 is 1.50. The fourth-order valence-corrected chi connectivity index (χ4v) is 3.70. The van der Waals surface area contributed by atoms with Crippen LogP contribution in [0.5, 0.6) is 0 Å². The van der Waals surface area contributed by atoms with Gasteiger partial charge in [0.2, 0.25) is 0 Å². The summed E-state index contributed by atoms with van der Waals surface area (Å²) in [5.74, 6) is 0. The predicted octanol–water partition coefficient (Wildman–Crippen LogP) is 5.10. The van der Waals surface area contributed by atoms with Crippen LogP contribution in [0.25, 0.3) is 11.0 Å². The number of nitrogens with zero attached hydrogens (tertiary/aromatic N) is 3. The largest absolute Gasteiger partial charge is 0.333 e. The Morgan fingerprint density at radius 2 is 1.94 bits per heavy atom. The first-order chi connectivity index (χ1) is 14.5. The van der Waals surface area contributed by atoms with Gasteiger partial charge in [-0.2, -0.15) is 5.26 Å². The van der Waals surface area contributed by atoms with Gasteiger partial charge in [-0.25, -0.2) is 9.78 Å². The molecule has 0 aliphatic heterocycles. The third kappa shape index (κ3) is 4.98. The molecule has 0 aliphatic carbocycles. The van der Waals surface area contributed by atoms with Crippen molar-refractivity contribution in [2.75, 3.05) is 5.32 Å². The molecule has 0 radical (unpaired) electrons. The van der Waals surface area contributed by atoms with Crippen molar-refractivity contribution in [2.24, 2.45) is 0 Å². The molecule has 0 saturated carbocycles. The molecule has 160 valence electrons. The molecule has 1 heterocycles. The van der Waals surface area contributed by atoms with Gasteiger partial charge in [0, 0.05) is 15.6 Å². The molecular formula is C22H21Cl2N5O2. The standard InChI is InChI=1S/C22H21Cl2N5O2/c1-12(15-8-14(23)5-6-16(15)24)29-19-7-13(10-25)17(9-18(19)26-11-20(29)30)27-21(31)28-22(2,3)4/h5-9,11-12H,1-4H3,(H2,27,28,31). The van der Waals surface area contributed by atoms with Crippen molar-refractivity contribution in [3.63, 3.8) is 0 Å². The highest BCUT2D eigenvalue weighted by Gasteiger charge is 2.20. The average molecular weight is 458 g/mol. The number of nitriles is 1. The Labute approximate surface area is 189 Å². The second kappa shape index (κ2) is 8.58. The van der Waals surface area contributed by atoms with Gasteiger partial charge in [-0.3, -0.25) is 9.36 Å². The number of hydrogen-bond acceptors (Lipinski definition) is 4. The van der Waals surface area contributed by atoms with Crippen LogP contribution in [-0.4, -0.2) is 21.1 Å². The van der Waals surface area contributed by atoms with E-state index >= 15 is 0 Å². The second-order valence-electron chi connectivity index (χ2n) is 8.14. The zero-order valence-corrected chi connectivity index (χ0v) is 19.0.